The highest BCUT2D eigenvalue weighted by Crippen LogP contribution is 2.36. The van der Waals surface area contributed by atoms with Crippen molar-refractivity contribution in [3.63, 3.8) is 0 Å². The van der Waals surface area contributed by atoms with Gasteiger partial charge in [-0.05, 0) is 59.8 Å². The van der Waals surface area contributed by atoms with Gasteiger partial charge in [-0.3, -0.25) is 9.69 Å². The molecule has 0 atom stereocenters. The van der Waals surface area contributed by atoms with Gasteiger partial charge in [-0.1, -0.05) is 48.0 Å². The smallest absolute Gasteiger partial charge is 0.267 e. The molecule has 1 aliphatic heterocycles. The van der Waals surface area contributed by atoms with Crippen molar-refractivity contribution in [2.45, 2.75) is 6.54 Å². The zero-order chi connectivity index (χ0) is 21.8. The molecule has 1 fully saturated rings. The van der Waals surface area contributed by atoms with Gasteiger partial charge < -0.3 is 4.74 Å². The number of para-hydroxylation sites is 1. The summed E-state index contributed by atoms with van der Waals surface area (Å²) in [5, 5.41) is 0.766. The molecule has 0 aliphatic carbocycles. The topological polar surface area (TPSA) is 41.9 Å². The Hall–Kier alpha value is -3.09. The number of amidine groups is 1. The van der Waals surface area contributed by atoms with Crippen LogP contribution in [0.15, 0.2) is 82.7 Å². The molecule has 0 N–H and O–H groups in total. The first-order valence-corrected chi connectivity index (χ1v) is 10.7. The lowest BCUT2D eigenvalue weighted by Crippen LogP contribution is -2.28. The highest BCUT2D eigenvalue weighted by atomic mass is 35.5. The molecule has 0 saturated carbocycles. The third-order valence-corrected chi connectivity index (χ3v) is 5.98. The van der Waals surface area contributed by atoms with Gasteiger partial charge in [0, 0.05) is 5.56 Å². The fourth-order valence-electron chi connectivity index (χ4n) is 3.04. The molecule has 1 heterocycles. The molecule has 0 unspecified atom stereocenters. The molecule has 1 saturated heterocycles. The molecule has 4 rings (SSSR count). The lowest BCUT2D eigenvalue weighted by atomic mass is 10.2. The van der Waals surface area contributed by atoms with Crippen LogP contribution in [-0.4, -0.2) is 23.1 Å². The molecule has 0 bridgehead atoms. The highest BCUT2D eigenvalue weighted by Gasteiger charge is 2.34. The predicted molar refractivity (Wildman–Crippen MR) is 124 cm³/mol. The van der Waals surface area contributed by atoms with E-state index in [-0.39, 0.29) is 16.5 Å². The number of carbonyl (C=O) groups is 1. The number of rotatable bonds is 5. The number of hydrogen-bond donors (Lipinski definition) is 0. The molecule has 3 aromatic rings. The van der Waals surface area contributed by atoms with Crippen molar-refractivity contribution >= 4 is 46.2 Å². The fraction of sp³-hybridized carbons (Fsp3) is 0.0833. The van der Waals surface area contributed by atoms with Crippen LogP contribution >= 0.6 is 23.4 Å². The lowest BCUT2D eigenvalue weighted by molar-refractivity contribution is -0.122. The van der Waals surface area contributed by atoms with Gasteiger partial charge in [0.15, 0.2) is 5.17 Å². The molecule has 1 amide bonds. The SMILES string of the molecule is COc1ccc(CN2C(=O)/C(=C/c3c(F)cccc3Cl)SC2=Nc2ccccc2)cc1. The molecule has 0 spiro atoms. The summed E-state index contributed by atoms with van der Waals surface area (Å²) >= 11 is 7.35. The van der Waals surface area contributed by atoms with E-state index in [0.717, 1.165) is 17.0 Å². The Bertz CT molecular complexity index is 1140. The van der Waals surface area contributed by atoms with Crippen LogP contribution in [0.25, 0.3) is 6.08 Å². The van der Waals surface area contributed by atoms with E-state index >= 15 is 0 Å². The lowest BCUT2D eigenvalue weighted by Gasteiger charge is -2.16. The zero-order valence-electron chi connectivity index (χ0n) is 16.6. The summed E-state index contributed by atoms with van der Waals surface area (Å²) in [6, 6.07) is 21.3. The first-order chi connectivity index (χ1) is 15.0. The minimum Gasteiger partial charge on any atom is -0.497 e. The van der Waals surface area contributed by atoms with Gasteiger partial charge in [0.2, 0.25) is 0 Å². The predicted octanol–water partition coefficient (Wildman–Crippen LogP) is 6.29. The largest absolute Gasteiger partial charge is 0.497 e. The Morgan fingerprint density at radius 1 is 1.06 bits per heavy atom. The Morgan fingerprint density at radius 2 is 1.81 bits per heavy atom. The molecule has 7 heteroatoms. The van der Waals surface area contributed by atoms with E-state index in [2.05, 4.69) is 4.99 Å². The Labute approximate surface area is 189 Å². The van der Waals surface area contributed by atoms with Crippen LogP contribution in [0.2, 0.25) is 5.02 Å². The normalized spacial score (nSPS) is 16.4. The number of hydrogen-bond acceptors (Lipinski definition) is 4. The van der Waals surface area contributed by atoms with E-state index in [1.54, 1.807) is 18.1 Å². The third-order valence-electron chi connectivity index (χ3n) is 4.64. The van der Waals surface area contributed by atoms with Gasteiger partial charge in [-0.2, -0.15) is 0 Å². The van der Waals surface area contributed by atoms with Gasteiger partial charge in [0.05, 0.1) is 29.3 Å². The number of amides is 1. The van der Waals surface area contributed by atoms with Crippen LogP contribution in [0.4, 0.5) is 10.1 Å². The van der Waals surface area contributed by atoms with Crippen LogP contribution < -0.4 is 4.74 Å². The van der Waals surface area contributed by atoms with Crippen LogP contribution in [0.1, 0.15) is 11.1 Å². The van der Waals surface area contributed by atoms with Gasteiger partial charge in [-0.15, -0.1) is 0 Å². The molecule has 0 radical (unpaired) electrons. The second kappa shape index (κ2) is 9.37. The summed E-state index contributed by atoms with van der Waals surface area (Å²) in [5.74, 6) is -0.00259. The number of thioether (sulfide) groups is 1. The zero-order valence-corrected chi connectivity index (χ0v) is 18.2. The van der Waals surface area contributed by atoms with Crippen LogP contribution in [0.3, 0.4) is 0 Å². The first-order valence-electron chi connectivity index (χ1n) is 9.47. The van der Waals surface area contributed by atoms with Crippen molar-refractivity contribution in [1.29, 1.82) is 0 Å². The summed E-state index contributed by atoms with van der Waals surface area (Å²) in [6.45, 7) is 0.323. The number of halogens is 2. The molecule has 0 aromatic heterocycles. The summed E-state index contributed by atoms with van der Waals surface area (Å²) in [4.78, 5) is 19.8. The Balaban J connectivity index is 1.71. The first kappa shape index (κ1) is 21.2. The maximum Gasteiger partial charge on any atom is 0.267 e. The molecule has 31 heavy (non-hydrogen) atoms. The Morgan fingerprint density at radius 3 is 2.48 bits per heavy atom. The molecule has 156 valence electrons. The van der Waals surface area contributed by atoms with Crippen LogP contribution in [0, 0.1) is 5.82 Å². The second-order valence-corrected chi connectivity index (χ2v) is 8.13. The van der Waals surface area contributed by atoms with E-state index in [9.17, 15) is 9.18 Å². The van der Waals surface area contributed by atoms with E-state index in [1.807, 2.05) is 54.6 Å². The van der Waals surface area contributed by atoms with Crippen molar-refractivity contribution < 1.29 is 13.9 Å². The van der Waals surface area contributed by atoms with Gasteiger partial charge in [0.1, 0.15) is 11.6 Å². The minimum absolute atomic E-state index is 0.186. The summed E-state index contributed by atoms with van der Waals surface area (Å²) in [7, 11) is 1.60. The minimum atomic E-state index is -0.483. The van der Waals surface area contributed by atoms with Crippen molar-refractivity contribution in [3.05, 3.63) is 99.7 Å². The second-order valence-electron chi connectivity index (χ2n) is 6.72. The third kappa shape index (κ3) is 4.81. The number of aliphatic imine (C=N–C) groups is 1. The standard InChI is InChI=1S/C24H18ClFN2O2S/c1-30-18-12-10-16(11-13-18)15-28-23(29)22(14-19-20(25)8-5-9-21(19)26)31-24(28)27-17-6-3-2-4-7-17/h2-14H,15H2,1H3/b22-14-,27-24?. The summed E-state index contributed by atoms with van der Waals surface area (Å²) in [5.41, 5.74) is 1.83. The summed E-state index contributed by atoms with van der Waals surface area (Å²) < 4.78 is 19.5. The van der Waals surface area contributed by atoms with Crippen molar-refractivity contribution in [2.24, 2.45) is 4.99 Å². The van der Waals surface area contributed by atoms with Crippen LogP contribution in [-0.2, 0) is 11.3 Å². The van der Waals surface area contributed by atoms with Crippen LogP contribution in [0.5, 0.6) is 5.75 Å². The number of benzene rings is 3. The maximum atomic E-state index is 14.3. The number of methoxy groups -OCH3 is 1. The number of carbonyl (C=O) groups excluding carboxylic acids is 1. The molecular weight excluding hydrogens is 435 g/mol. The monoisotopic (exact) mass is 452 g/mol. The summed E-state index contributed by atoms with van der Waals surface area (Å²) in [6.07, 6.45) is 1.49. The molecular formula is C24H18ClFN2O2S. The van der Waals surface area contributed by atoms with Crippen molar-refractivity contribution in [1.82, 2.24) is 4.90 Å². The number of ether oxygens (including phenoxy) is 1. The fourth-order valence-corrected chi connectivity index (χ4v) is 4.23. The Kier molecular flexibility index (Phi) is 6.39. The molecule has 1 aliphatic rings. The van der Waals surface area contributed by atoms with Gasteiger partial charge >= 0.3 is 0 Å². The van der Waals surface area contributed by atoms with Crippen molar-refractivity contribution in [2.75, 3.05) is 7.11 Å². The average molecular weight is 453 g/mol. The van der Waals surface area contributed by atoms with Crippen molar-refractivity contribution in [3.8, 4) is 5.75 Å². The van der Waals surface area contributed by atoms with E-state index in [0.29, 0.717) is 16.6 Å². The molecule has 4 nitrogen and oxygen atoms in total. The average Bonchev–Trinajstić information content (AvgIpc) is 3.06. The highest BCUT2D eigenvalue weighted by molar-refractivity contribution is 8.18. The van der Waals surface area contributed by atoms with E-state index < -0.39 is 5.82 Å². The quantitative estimate of drug-likeness (QED) is 0.427. The number of nitrogens with zero attached hydrogens (tertiary/aromatic N) is 2. The maximum absolute atomic E-state index is 14.3. The van der Waals surface area contributed by atoms with E-state index in [1.165, 1.54) is 30.0 Å². The van der Waals surface area contributed by atoms with Gasteiger partial charge in [-0.25, -0.2) is 9.38 Å². The van der Waals surface area contributed by atoms with E-state index in [4.69, 9.17) is 16.3 Å². The van der Waals surface area contributed by atoms with Gasteiger partial charge in [0.25, 0.3) is 5.91 Å². The molecule has 3 aromatic carbocycles.